The van der Waals surface area contributed by atoms with Gasteiger partial charge in [-0.15, -0.1) is 0 Å². The summed E-state index contributed by atoms with van der Waals surface area (Å²) in [7, 11) is 1.55. The van der Waals surface area contributed by atoms with Gasteiger partial charge in [-0.1, -0.05) is 18.2 Å². The molecule has 25 heavy (non-hydrogen) atoms. The summed E-state index contributed by atoms with van der Waals surface area (Å²) >= 11 is 0. The standard InChI is InChI=1S/C17H17N5O3/c1-25-12-11-21-17(24)22(20-19-21)15-9-7-14(8-10-15)18-16(23)13-5-3-2-4-6-13/h2-10H,11-12H2,1H3,(H,18,23). The predicted molar refractivity (Wildman–Crippen MR) is 91.9 cm³/mol. The molecule has 0 atom stereocenters. The molecule has 2 aromatic carbocycles. The molecule has 0 radical (unpaired) electrons. The van der Waals surface area contributed by atoms with Crippen LogP contribution in [0.5, 0.6) is 0 Å². The average Bonchev–Trinajstić information content (AvgIpc) is 3.02. The van der Waals surface area contributed by atoms with Crippen molar-refractivity contribution in [1.29, 1.82) is 0 Å². The molecule has 3 rings (SSSR count). The number of methoxy groups -OCH3 is 1. The van der Waals surface area contributed by atoms with E-state index in [0.29, 0.717) is 30.1 Å². The summed E-state index contributed by atoms with van der Waals surface area (Å²) in [5.41, 5.74) is 1.41. The smallest absolute Gasteiger partial charge is 0.368 e. The number of amides is 1. The number of hydrogen-bond donors (Lipinski definition) is 1. The minimum Gasteiger partial charge on any atom is -0.383 e. The molecule has 3 aromatic rings. The number of aromatic nitrogens is 4. The van der Waals surface area contributed by atoms with Gasteiger partial charge in [-0.25, -0.2) is 4.79 Å². The van der Waals surface area contributed by atoms with Crippen molar-refractivity contribution in [1.82, 2.24) is 19.8 Å². The van der Waals surface area contributed by atoms with E-state index in [1.807, 2.05) is 6.07 Å². The molecule has 1 amide bonds. The number of carbonyl (C=O) groups is 1. The molecule has 0 spiro atoms. The zero-order valence-corrected chi connectivity index (χ0v) is 13.6. The van der Waals surface area contributed by atoms with E-state index in [4.69, 9.17) is 4.74 Å². The van der Waals surface area contributed by atoms with Gasteiger partial charge in [-0.3, -0.25) is 4.79 Å². The molecule has 8 nitrogen and oxygen atoms in total. The first kappa shape index (κ1) is 16.6. The van der Waals surface area contributed by atoms with E-state index in [2.05, 4.69) is 15.7 Å². The van der Waals surface area contributed by atoms with Crippen LogP contribution < -0.4 is 11.0 Å². The fourth-order valence-electron chi connectivity index (χ4n) is 2.23. The molecular formula is C17H17N5O3. The van der Waals surface area contributed by atoms with Crippen molar-refractivity contribution in [3.8, 4) is 5.69 Å². The van der Waals surface area contributed by atoms with Crippen molar-refractivity contribution in [2.75, 3.05) is 19.0 Å². The van der Waals surface area contributed by atoms with Crippen molar-refractivity contribution >= 4 is 11.6 Å². The maximum absolute atomic E-state index is 12.2. The van der Waals surface area contributed by atoms with E-state index in [0.717, 1.165) is 0 Å². The second-order valence-corrected chi connectivity index (χ2v) is 5.26. The number of hydrogen-bond acceptors (Lipinski definition) is 5. The monoisotopic (exact) mass is 339 g/mol. The van der Waals surface area contributed by atoms with Crippen LogP contribution in [0.3, 0.4) is 0 Å². The molecule has 8 heteroatoms. The van der Waals surface area contributed by atoms with Crippen LogP contribution in [0.1, 0.15) is 10.4 Å². The Balaban J connectivity index is 1.73. The van der Waals surface area contributed by atoms with Crippen LogP contribution in [-0.4, -0.2) is 39.4 Å². The molecule has 1 heterocycles. The maximum atomic E-state index is 12.2. The topological polar surface area (TPSA) is 91.0 Å². The average molecular weight is 339 g/mol. The normalized spacial score (nSPS) is 10.6. The van der Waals surface area contributed by atoms with Gasteiger partial charge >= 0.3 is 5.69 Å². The van der Waals surface area contributed by atoms with Crippen LogP contribution in [0, 0.1) is 0 Å². The Kier molecular flexibility index (Phi) is 5.00. The van der Waals surface area contributed by atoms with Crippen molar-refractivity contribution < 1.29 is 9.53 Å². The number of nitrogens with one attached hydrogen (secondary N) is 1. The van der Waals surface area contributed by atoms with E-state index >= 15 is 0 Å². The van der Waals surface area contributed by atoms with E-state index in [1.54, 1.807) is 55.6 Å². The highest BCUT2D eigenvalue weighted by Crippen LogP contribution is 2.12. The van der Waals surface area contributed by atoms with E-state index in [1.165, 1.54) is 9.36 Å². The molecule has 0 fully saturated rings. The summed E-state index contributed by atoms with van der Waals surface area (Å²) in [4.78, 5) is 24.3. The third-order valence-corrected chi connectivity index (χ3v) is 3.55. The van der Waals surface area contributed by atoms with Gasteiger partial charge < -0.3 is 10.1 Å². The molecular weight excluding hydrogens is 322 g/mol. The molecule has 1 aromatic heterocycles. The van der Waals surface area contributed by atoms with Crippen molar-refractivity contribution in [2.24, 2.45) is 0 Å². The van der Waals surface area contributed by atoms with Gasteiger partial charge in [-0.05, 0) is 46.8 Å². The molecule has 0 bridgehead atoms. The third kappa shape index (κ3) is 3.81. The zero-order valence-electron chi connectivity index (χ0n) is 13.6. The SMILES string of the molecule is COCCn1nnn(-c2ccc(NC(=O)c3ccccc3)cc2)c1=O. The largest absolute Gasteiger partial charge is 0.383 e. The lowest BCUT2D eigenvalue weighted by molar-refractivity contribution is 0.102. The minimum atomic E-state index is -0.349. The summed E-state index contributed by atoms with van der Waals surface area (Å²) in [6.07, 6.45) is 0. The minimum absolute atomic E-state index is 0.198. The van der Waals surface area contributed by atoms with Crippen LogP contribution >= 0.6 is 0 Å². The molecule has 0 aliphatic rings. The van der Waals surface area contributed by atoms with E-state index in [9.17, 15) is 9.59 Å². The lowest BCUT2D eigenvalue weighted by Gasteiger charge is -2.06. The quantitative estimate of drug-likeness (QED) is 0.731. The maximum Gasteiger partial charge on any atom is 0.368 e. The molecule has 1 N–H and O–H groups in total. The third-order valence-electron chi connectivity index (χ3n) is 3.55. The molecule has 0 unspecified atom stereocenters. The Hall–Kier alpha value is -3.26. The van der Waals surface area contributed by atoms with Crippen LogP contribution in [0.2, 0.25) is 0 Å². The summed E-state index contributed by atoms with van der Waals surface area (Å²) in [6, 6.07) is 15.7. The van der Waals surface area contributed by atoms with Crippen LogP contribution in [0.25, 0.3) is 5.69 Å². The van der Waals surface area contributed by atoms with Crippen molar-refractivity contribution in [3.63, 3.8) is 0 Å². The summed E-state index contributed by atoms with van der Waals surface area (Å²) in [5.74, 6) is -0.198. The fourth-order valence-corrected chi connectivity index (χ4v) is 2.23. The van der Waals surface area contributed by atoms with Crippen LogP contribution in [0.4, 0.5) is 5.69 Å². The Morgan fingerprint density at radius 3 is 2.48 bits per heavy atom. The molecule has 0 aliphatic heterocycles. The van der Waals surface area contributed by atoms with Gasteiger partial charge in [0.1, 0.15) is 0 Å². The number of ether oxygens (including phenoxy) is 1. The Bertz CT molecular complexity index is 900. The highest BCUT2D eigenvalue weighted by Gasteiger charge is 2.09. The number of carbonyl (C=O) groups excluding carboxylic acids is 1. The molecule has 0 saturated heterocycles. The van der Waals surface area contributed by atoms with Crippen LogP contribution in [-0.2, 0) is 11.3 Å². The number of rotatable bonds is 6. The van der Waals surface area contributed by atoms with Crippen molar-refractivity contribution in [2.45, 2.75) is 6.54 Å². The number of anilines is 1. The molecule has 128 valence electrons. The summed E-state index contributed by atoms with van der Waals surface area (Å²) in [6.45, 7) is 0.712. The van der Waals surface area contributed by atoms with Gasteiger partial charge in [0, 0.05) is 18.4 Å². The number of nitrogens with zero attached hydrogens (tertiary/aromatic N) is 4. The summed E-state index contributed by atoms with van der Waals surface area (Å²) in [5, 5.41) is 10.5. The Morgan fingerprint density at radius 2 is 1.80 bits per heavy atom. The highest BCUT2D eigenvalue weighted by atomic mass is 16.5. The second-order valence-electron chi connectivity index (χ2n) is 5.26. The van der Waals surface area contributed by atoms with Crippen molar-refractivity contribution in [3.05, 3.63) is 70.6 Å². The van der Waals surface area contributed by atoms with E-state index < -0.39 is 0 Å². The lowest BCUT2D eigenvalue weighted by atomic mass is 10.2. The number of benzene rings is 2. The van der Waals surface area contributed by atoms with Gasteiger partial charge in [0.2, 0.25) is 0 Å². The summed E-state index contributed by atoms with van der Waals surface area (Å²) < 4.78 is 7.35. The Labute approximate surface area is 143 Å². The van der Waals surface area contributed by atoms with Gasteiger partial charge in [0.05, 0.1) is 18.8 Å². The van der Waals surface area contributed by atoms with E-state index in [-0.39, 0.29) is 11.6 Å². The first-order chi connectivity index (χ1) is 12.2. The van der Waals surface area contributed by atoms with Gasteiger partial charge in [0.15, 0.2) is 0 Å². The molecule has 0 aliphatic carbocycles. The lowest BCUT2D eigenvalue weighted by Crippen LogP contribution is -2.25. The molecule has 0 saturated carbocycles. The highest BCUT2D eigenvalue weighted by molar-refractivity contribution is 6.04. The first-order valence-electron chi connectivity index (χ1n) is 7.67. The van der Waals surface area contributed by atoms with Gasteiger partial charge in [0.25, 0.3) is 5.91 Å². The fraction of sp³-hybridized carbons (Fsp3) is 0.176. The predicted octanol–water partition coefficient (Wildman–Crippen LogP) is 1.33. The van der Waals surface area contributed by atoms with Crippen LogP contribution in [0.15, 0.2) is 59.4 Å². The van der Waals surface area contributed by atoms with Gasteiger partial charge in [-0.2, -0.15) is 9.36 Å². The first-order valence-corrected chi connectivity index (χ1v) is 7.67. The zero-order chi connectivity index (χ0) is 17.6. The number of tetrazole rings is 1. The second kappa shape index (κ2) is 7.54. The Morgan fingerprint density at radius 1 is 1.08 bits per heavy atom.